The van der Waals surface area contributed by atoms with E-state index in [4.69, 9.17) is 4.74 Å². The molecular formula is C17H24N2O2S. The van der Waals surface area contributed by atoms with Crippen LogP contribution in [0.2, 0.25) is 0 Å². The van der Waals surface area contributed by atoms with Crippen molar-refractivity contribution in [2.75, 3.05) is 19.4 Å². The molecule has 0 radical (unpaired) electrons. The third-order valence-corrected chi connectivity index (χ3v) is 5.88. The number of carbonyl (C=O) groups excluding carboxylic acids is 1. The summed E-state index contributed by atoms with van der Waals surface area (Å²) in [4.78, 5) is 19.0. The van der Waals surface area contributed by atoms with Gasteiger partial charge in [0, 0.05) is 37.2 Å². The highest BCUT2D eigenvalue weighted by Gasteiger charge is 2.61. The smallest absolute Gasteiger partial charge is 0.255 e. The number of thioether (sulfide) groups is 1. The van der Waals surface area contributed by atoms with E-state index in [1.165, 1.54) is 0 Å². The number of aromatic nitrogens is 1. The number of nitrogens with zero attached hydrogens (tertiary/aromatic N) is 2. The normalized spacial score (nSPS) is 28.8. The molecule has 0 aromatic carbocycles. The Bertz CT molecular complexity index is 558. The summed E-state index contributed by atoms with van der Waals surface area (Å²) in [5.41, 5.74) is 0.693. The molecule has 22 heavy (non-hydrogen) atoms. The molecule has 2 aliphatic rings. The summed E-state index contributed by atoms with van der Waals surface area (Å²) < 4.78 is 5.82. The van der Waals surface area contributed by atoms with Gasteiger partial charge in [0.25, 0.3) is 5.91 Å². The van der Waals surface area contributed by atoms with Gasteiger partial charge < -0.3 is 9.64 Å². The van der Waals surface area contributed by atoms with Crippen LogP contribution in [0, 0.1) is 11.3 Å². The quantitative estimate of drug-likeness (QED) is 0.800. The minimum atomic E-state index is 0.0248. The first kappa shape index (κ1) is 15.8. The van der Waals surface area contributed by atoms with E-state index in [1.807, 2.05) is 24.1 Å². The summed E-state index contributed by atoms with van der Waals surface area (Å²) in [6, 6.07) is 4.07. The Kier molecular flexibility index (Phi) is 4.21. The second-order valence-corrected chi connectivity index (χ2v) is 8.03. The summed E-state index contributed by atoms with van der Waals surface area (Å²) in [5, 5.41) is 0.968. The van der Waals surface area contributed by atoms with Crippen molar-refractivity contribution in [2.45, 2.75) is 44.4 Å². The number of carbonyl (C=O) groups is 1. The highest BCUT2D eigenvalue weighted by molar-refractivity contribution is 7.99. The zero-order valence-corrected chi connectivity index (χ0v) is 14.5. The molecule has 1 aliphatic heterocycles. The molecule has 1 aliphatic carbocycles. The summed E-state index contributed by atoms with van der Waals surface area (Å²) in [7, 11) is 1.91. The number of ether oxygens (including phenoxy) is 1. The minimum absolute atomic E-state index is 0.0248. The highest BCUT2D eigenvalue weighted by atomic mass is 32.2. The average Bonchev–Trinajstić information content (AvgIpc) is 2.94. The van der Waals surface area contributed by atoms with Gasteiger partial charge >= 0.3 is 0 Å². The zero-order chi connectivity index (χ0) is 15.9. The SMILES string of the molecule is CCSc1ccc(C(=O)N(C)C2C3CCOC3C2(C)C)cn1. The molecule has 2 heterocycles. The topological polar surface area (TPSA) is 42.4 Å². The van der Waals surface area contributed by atoms with Crippen LogP contribution in [0.15, 0.2) is 23.4 Å². The van der Waals surface area contributed by atoms with Gasteiger partial charge in [-0.25, -0.2) is 4.98 Å². The number of hydrogen-bond acceptors (Lipinski definition) is 4. The summed E-state index contributed by atoms with van der Waals surface area (Å²) >= 11 is 1.69. The first-order valence-electron chi connectivity index (χ1n) is 7.94. The second kappa shape index (κ2) is 5.85. The molecule has 0 spiro atoms. The fraction of sp³-hybridized carbons (Fsp3) is 0.647. The third kappa shape index (κ3) is 2.44. The van der Waals surface area contributed by atoms with Crippen molar-refractivity contribution < 1.29 is 9.53 Å². The maximum Gasteiger partial charge on any atom is 0.255 e. The number of hydrogen-bond donors (Lipinski definition) is 0. The Morgan fingerprint density at radius 3 is 2.91 bits per heavy atom. The van der Waals surface area contributed by atoms with E-state index in [0.717, 1.165) is 23.8 Å². The molecule has 3 atom stereocenters. The summed E-state index contributed by atoms with van der Waals surface area (Å²) in [6.45, 7) is 7.32. The molecule has 120 valence electrons. The van der Waals surface area contributed by atoms with Crippen LogP contribution in [0.3, 0.4) is 0 Å². The van der Waals surface area contributed by atoms with Crippen molar-refractivity contribution in [1.29, 1.82) is 0 Å². The van der Waals surface area contributed by atoms with Gasteiger partial charge in [-0.15, -0.1) is 11.8 Å². The molecule has 3 unspecified atom stereocenters. The maximum absolute atomic E-state index is 12.8. The van der Waals surface area contributed by atoms with Gasteiger partial charge in [-0.3, -0.25) is 4.79 Å². The van der Waals surface area contributed by atoms with Gasteiger partial charge in [-0.2, -0.15) is 0 Å². The van der Waals surface area contributed by atoms with E-state index < -0.39 is 0 Å². The van der Waals surface area contributed by atoms with Gasteiger partial charge in [0.05, 0.1) is 16.7 Å². The van der Waals surface area contributed by atoms with Crippen LogP contribution in [0.1, 0.15) is 37.6 Å². The number of rotatable bonds is 4. The van der Waals surface area contributed by atoms with Crippen molar-refractivity contribution in [3.05, 3.63) is 23.9 Å². The molecular weight excluding hydrogens is 296 g/mol. The van der Waals surface area contributed by atoms with E-state index in [9.17, 15) is 4.79 Å². The van der Waals surface area contributed by atoms with Crippen molar-refractivity contribution in [1.82, 2.24) is 9.88 Å². The summed E-state index contributed by atoms with van der Waals surface area (Å²) in [5.74, 6) is 1.52. The van der Waals surface area contributed by atoms with E-state index >= 15 is 0 Å². The molecule has 0 N–H and O–H groups in total. The molecule has 4 nitrogen and oxygen atoms in total. The monoisotopic (exact) mass is 320 g/mol. The van der Waals surface area contributed by atoms with Gasteiger partial charge in [0.1, 0.15) is 0 Å². The van der Waals surface area contributed by atoms with Gasteiger partial charge in [-0.1, -0.05) is 20.8 Å². The molecule has 0 bridgehead atoms. The van der Waals surface area contributed by atoms with Crippen molar-refractivity contribution >= 4 is 17.7 Å². The van der Waals surface area contributed by atoms with Crippen LogP contribution in [0.4, 0.5) is 0 Å². The Morgan fingerprint density at radius 2 is 2.27 bits per heavy atom. The van der Waals surface area contributed by atoms with Crippen LogP contribution in [-0.2, 0) is 4.74 Å². The van der Waals surface area contributed by atoms with E-state index in [2.05, 4.69) is 25.8 Å². The lowest BCUT2D eigenvalue weighted by Gasteiger charge is -2.57. The number of amides is 1. The third-order valence-electron chi connectivity index (χ3n) is 5.05. The van der Waals surface area contributed by atoms with Crippen LogP contribution < -0.4 is 0 Å². The first-order valence-corrected chi connectivity index (χ1v) is 8.93. The predicted molar refractivity (Wildman–Crippen MR) is 88.1 cm³/mol. The zero-order valence-electron chi connectivity index (χ0n) is 13.7. The van der Waals surface area contributed by atoms with Gasteiger partial charge in [0.2, 0.25) is 0 Å². The molecule has 1 aromatic rings. The van der Waals surface area contributed by atoms with Crippen molar-refractivity contribution in [3.8, 4) is 0 Å². The number of pyridine rings is 1. The Hall–Kier alpha value is -1.07. The minimum Gasteiger partial charge on any atom is -0.377 e. The number of fused-ring (bicyclic) bond motifs is 1. The van der Waals surface area contributed by atoms with Crippen molar-refractivity contribution in [2.24, 2.45) is 11.3 Å². The molecule has 1 saturated heterocycles. The highest BCUT2D eigenvalue weighted by Crippen LogP contribution is 2.54. The van der Waals surface area contributed by atoms with Crippen LogP contribution in [-0.4, -0.2) is 47.3 Å². The van der Waals surface area contributed by atoms with Gasteiger partial charge in [-0.05, 0) is 24.3 Å². The van der Waals surface area contributed by atoms with E-state index in [0.29, 0.717) is 17.6 Å². The van der Waals surface area contributed by atoms with Crippen LogP contribution in [0.25, 0.3) is 0 Å². The Balaban J connectivity index is 1.74. The average molecular weight is 320 g/mol. The van der Waals surface area contributed by atoms with Crippen LogP contribution in [0.5, 0.6) is 0 Å². The lowest BCUT2D eigenvalue weighted by molar-refractivity contribution is -0.139. The summed E-state index contributed by atoms with van der Waals surface area (Å²) in [6.07, 6.45) is 3.06. The molecule has 1 saturated carbocycles. The second-order valence-electron chi connectivity index (χ2n) is 6.74. The molecule has 1 amide bonds. The predicted octanol–water partition coefficient (Wildman–Crippen LogP) is 3.08. The molecule has 1 aromatic heterocycles. The Morgan fingerprint density at radius 1 is 1.50 bits per heavy atom. The van der Waals surface area contributed by atoms with Crippen molar-refractivity contribution in [3.63, 3.8) is 0 Å². The lowest BCUT2D eigenvalue weighted by atomic mass is 9.56. The first-order chi connectivity index (χ1) is 10.5. The van der Waals surface area contributed by atoms with E-state index in [-0.39, 0.29) is 17.4 Å². The standard InChI is InChI=1S/C17H24N2O2S/c1-5-22-13-7-6-11(10-18-13)16(20)19(4)14-12-8-9-21-15(12)17(14,2)3/h6-7,10,12,14-15H,5,8-9H2,1-4H3. The van der Waals surface area contributed by atoms with E-state index in [1.54, 1.807) is 18.0 Å². The lowest BCUT2D eigenvalue weighted by Crippen LogP contribution is -2.66. The molecule has 3 rings (SSSR count). The Labute approximate surface area is 136 Å². The fourth-order valence-electron chi connectivity index (χ4n) is 4.15. The molecule has 2 fully saturated rings. The van der Waals surface area contributed by atoms with Gasteiger partial charge in [0.15, 0.2) is 0 Å². The van der Waals surface area contributed by atoms with Crippen LogP contribution >= 0.6 is 11.8 Å². The largest absolute Gasteiger partial charge is 0.377 e. The molecule has 5 heteroatoms. The maximum atomic E-state index is 12.8. The fourth-order valence-corrected chi connectivity index (χ4v) is 4.74.